The maximum atomic E-state index is 12.2. The van der Waals surface area contributed by atoms with Gasteiger partial charge in [0.25, 0.3) is 0 Å². The van der Waals surface area contributed by atoms with Gasteiger partial charge < -0.3 is 10.2 Å². The Kier molecular flexibility index (Phi) is 9.38. The highest BCUT2D eigenvalue weighted by Crippen LogP contribution is 2.14. The Labute approximate surface area is 145 Å². The van der Waals surface area contributed by atoms with E-state index >= 15 is 0 Å². The Morgan fingerprint density at radius 3 is 2.39 bits per heavy atom. The Hall–Kier alpha value is -1.15. The van der Waals surface area contributed by atoms with Crippen LogP contribution in [0.5, 0.6) is 0 Å². The molecule has 0 spiro atoms. The van der Waals surface area contributed by atoms with Crippen molar-refractivity contribution in [3.8, 4) is 0 Å². The molecule has 0 unspecified atom stereocenters. The molecule has 1 amide bonds. The second-order valence-electron chi connectivity index (χ2n) is 5.31. The van der Waals surface area contributed by atoms with Crippen molar-refractivity contribution < 1.29 is 13.2 Å². The van der Waals surface area contributed by atoms with Gasteiger partial charge in [-0.1, -0.05) is 6.07 Å². The number of hydrogen-bond acceptors (Lipinski definition) is 4. The zero-order chi connectivity index (χ0) is 16.8. The van der Waals surface area contributed by atoms with E-state index in [4.69, 9.17) is 0 Å². The summed E-state index contributed by atoms with van der Waals surface area (Å²) in [7, 11) is -0.0496. The van der Waals surface area contributed by atoms with Crippen LogP contribution < -0.4 is 10.0 Å². The summed E-state index contributed by atoms with van der Waals surface area (Å²) in [6, 6.07) is 4.99. The van der Waals surface area contributed by atoms with Crippen LogP contribution in [0.15, 0.2) is 23.1 Å². The fourth-order valence-corrected chi connectivity index (χ4v) is 2.97. The third-order valence-corrected chi connectivity index (χ3v) is 5.00. The molecule has 1 aromatic carbocycles. The minimum atomic E-state index is -3.57. The number of nitrogens with zero attached hydrogens (tertiary/aromatic N) is 1. The average molecular weight is 364 g/mol. The summed E-state index contributed by atoms with van der Waals surface area (Å²) in [5, 5.41) is 2.96. The molecule has 1 aromatic rings. The SMILES string of the molecule is CNCCN(C)C(=O)CCNS(=O)(=O)c1ccc(C)c(C)c1.Cl. The summed E-state index contributed by atoms with van der Waals surface area (Å²) < 4.78 is 26.8. The Balaban J connectivity index is 0.00000484. The normalized spacial score (nSPS) is 11.0. The molecule has 0 atom stereocenters. The summed E-state index contributed by atoms with van der Waals surface area (Å²) >= 11 is 0. The van der Waals surface area contributed by atoms with Gasteiger partial charge >= 0.3 is 0 Å². The first-order valence-electron chi connectivity index (χ1n) is 7.23. The quantitative estimate of drug-likeness (QED) is 0.724. The van der Waals surface area contributed by atoms with E-state index in [-0.39, 0.29) is 36.2 Å². The predicted octanol–water partition coefficient (Wildman–Crippen LogP) is 1.07. The molecule has 0 aromatic heterocycles. The summed E-state index contributed by atoms with van der Waals surface area (Å²) in [4.78, 5) is 13.6. The number of benzene rings is 1. The lowest BCUT2D eigenvalue weighted by Crippen LogP contribution is -2.35. The van der Waals surface area contributed by atoms with Crippen LogP contribution in [0.4, 0.5) is 0 Å². The van der Waals surface area contributed by atoms with E-state index in [1.54, 1.807) is 30.1 Å². The van der Waals surface area contributed by atoms with Crippen LogP contribution in [0, 0.1) is 13.8 Å². The third-order valence-electron chi connectivity index (χ3n) is 3.54. The molecule has 0 aliphatic heterocycles. The number of likely N-dealkylation sites (N-methyl/N-ethyl adjacent to an activating group) is 2. The van der Waals surface area contributed by atoms with Gasteiger partial charge in [0.15, 0.2) is 0 Å². The zero-order valence-corrected chi connectivity index (χ0v) is 15.7. The van der Waals surface area contributed by atoms with E-state index in [1.165, 1.54) is 0 Å². The average Bonchev–Trinajstić information content (AvgIpc) is 2.47. The monoisotopic (exact) mass is 363 g/mol. The first-order chi connectivity index (χ1) is 10.3. The van der Waals surface area contributed by atoms with Crippen molar-refractivity contribution in [2.24, 2.45) is 0 Å². The van der Waals surface area contributed by atoms with E-state index in [2.05, 4.69) is 10.0 Å². The van der Waals surface area contributed by atoms with Gasteiger partial charge in [-0.25, -0.2) is 13.1 Å². The number of halogens is 1. The number of amides is 1. The number of carbonyl (C=O) groups is 1. The van der Waals surface area contributed by atoms with Crippen molar-refractivity contribution in [3.05, 3.63) is 29.3 Å². The first-order valence-corrected chi connectivity index (χ1v) is 8.71. The summed E-state index contributed by atoms with van der Waals surface area (Å²) in [6.45, 7) is 5.20. The van der Waals surface area contributed by atoms with Crippen molar-refractivity contribution in [1.29, 1.82) is 0 Å². The minimum absolute atomic E-state index is 0. The third kappa shape index (κ3) is 6.87. The summed E-state index contributed by atoms with van der Waals surface area (Å²) in [5.41, 5.74) is 1.96. The maximum absolute atomic E-state index is 12.2. The van der Waals surface area contributed by atoms with Gasteiger partial charge in [-0.3, -0.25) is 4.79 Å². The van der Waals surface area contributed by atoms with Crippen LogP contribution in [0.1, 0.15) is 17.5 Å². The highest BCUT2D eigenvalue weighted by Gasteiger charge is 2.15. The number of sulfonamides is 1. The van der Waals surface area contributed by atoms with Gasteiger partial charge in [-0.15, -0.1) is 12.4 Å². The zero-order valence-electron chi connectivity index (χ0n) is 14.0. The van der Waals surface area contributed by atoms with Crippen molar-refractivity contribution in [2.75, 3.05) is 33.7 Å². The van der Waals surface area contributed by atoms with Crippen LogP contribution in [-0.4, -0.2) is 53.0 Å². The molecule has 2 N–H and O–H groups in total. The van der Waals surface area contributed by atoms with Crippen LogP contribution in [0.2, 0.25) is 0 Å². The van der Waals surface area contributed by atoms with Gasteiger partial charge in [0.1, 0.15) is 0 Å². The van der Waals surface area contributed by atoms with E-state index in [9.17, 15) is 13.2 Å². The Bertz CT molecular complexity index is 620. The number of rotatable bonds is 8. The Morgan fingerprint density at radius 2 is 1.83 bits per heavy atom. The number of nitrogens with one attached hydrogen (secondary N) is 2. The van der Waals surface area contributed by atoms with Crippen LogP contribution in [-0.2, 0) is 14.8 Å². The van der Waals surface area contributed by atoms with E-state index in [0.717, 1.165) is 11.1 Å². The van der Waals surface area contributed by atoms with Crippen LogP contribution in [0.25, 0.3) is 0 Å². The van der Waals surface area contributed by atoms with Gasteiger partial charge in [-0.2, -0.15) is 0 Å². The second-order valence-corrected chi connectivity index (χ2v) is 7.08. The predicted molar refractivity (Wildman–Crippen MR) is 94.5 cm³/mol. The molecule has 0 heterocycles. The number of hydrogen-bond donors (Lipinski definition) is 2. The largest absolute Gasteiger partial charge is 0.344 e. The molecule has 0 bridgehead atoms. The van der Waals surface area contributed by atoms with Crippen molar-refractivity contribution >= 4 is 28.3 Å². The molecule has 0 fully saturated rings. The fourth-order valence-electron chi connectivity index (χ4n) is 1.85. The first kappa shape index (κ1) is 21.9. The smallest absolute Gasteiger partial charge is 0.240 e. The van der Waals surface area contributed by atoms with Gasteiger partial charge in [0.05, 0.1) is 4.90 Å². The van der Waals surface area contributed by atoms with E-state index < -0.39 is 10.0 Å². The minimum Gasteiger partial charge on any atom is -0.344 e. The molecule has 132 valence electrons. The number of carbonyl (C=O) groups excluding carboxylic acids is 1. The standard InChI is InChI=1S/C15H25N3O3S.ClH/c1-12-5-6-14(11-13(12)2)22(20,21)17-8-7-15(19)18(4)10-9-16-3;/h5-6,11,16-17H,7-10H2,1-4H3;1H. The molecule has 0 radical (unpaired) electrons. The summed E-state index contributed by atoms with van der Waals surface area (Å²) in [5.74, 6) is -0.0852. The second kappa shape index (κ2) is 9.87. The van der Waals surface area contributed by atoms with Gasteiger partial charge in [0, 0.05) is 33.1 Å². The highest BCUT2D eigenvalue weighted by molar-refractivity contribution is 7.89. The molecular formula is C15H26ClN3O3S. The van der Waals surface area contributed by atoms with E-state index in [1.807, 2.05) is 20.9 Å². The van der Waals surface area contributed by atoms with Gasteiger partial charge in [0.2, 0.25) is 15.9 Å². The molecule has 1 rings (SSSR count). The molecule has 0 saturated carbocycles. The van der Waals surface area contributed by atoms with Crippen LogP contribution in [0.3, 0.4) is 0 Å². The van der Waals surface area contributed by atoms with Crippen molar-refractivity contribution in [1.82, 2.24) is 14.9 Å². The summed E-state index contributed by atoms with van der Waals surface area (Å²) in [6.07, 6.45) is 0.143. The van der Waals surface area contributed by atoms with Crippen molar-refractivity contribution in [3.63, 3.8) is 0 Å². The molecule has 0 aliphatic rings. The molecular weight excluding hydrogens is 338 g/mol. The lowest BCUT2D eigenvalue weighted by Gasteiger charge is -2.17. The molecule has 23 heavy (non-hydrogen) atoms. The lowest BCUT2D eigenvalue weighted by atomic mass is 10.1. The topological polar surface area (TPSA) is 78.5 Å². The van der Waals surface area contributed by atoms with Crippen molar-refractivity contribution in [2.45, 2.75) is 25.2 Å². The number of aryl methyl sites for hydroxylation is 2. The maximum Gasteiger partial charge on any atom is 0.240 e. The van der Waals surface area contributed by atoms with Gasteiger partial charge in [-0.05, 0) is 44.2 Å². The lowest BCUT2D eigenvalue weighted by molar-refractivity contribution is -0.129. The fraction of sp³-hybridized carbons (Fsp3) is 0.533. The van der Waals surface area contributed by atoms with E-state index in [0.29, 0.717) is 13.1 Å². The van der Waals surface area contributed by atoms with Crippen LogP contribution >= 0.6 is 12.4 Å². The molecule has 6 nitrogen and oxygen atoms in total. The molecule has 0 aliphatic carbocycles. The molecule has 0 saturated heterocycles. The molecule has 8 heteroatoms. The highest BCUT2D eigenvalue weighted by atomic mass is 35.5. The Morgan fingerprint density at radius 1 is 1.17 bits per heavy atom.